The number of allylic oxidation sites excluding steroid dienone is 4. The molecular formula is C57H106O6. The first-order valence-corrected chi connectivity index (χ1v) is 27.8. The van der Waals surface area contributed by atoms with Gasteiger partial charge in [-0.3, -0.25) is 14.4 Å². The van der Waals surface area contributed by atoms with E-state index in [1.807, 2.05) is 0 Å². The number of esters is 3. The molecule has 0 bridgehead atoms. The Labute approximate surface area is 392 Å². The fourth-order valence-electron chi connectivity index (χ4n) is 8.24. The van der Waals surface area contributed by atoms with E-state index in [4.69, 9.17) is 14.2 Å². The van der Waals surface area contributed by atoms with Gasteiger partial charge >= 0.3 is 17.9 Å². The number of carbonyl (C=O) groups excluding carboxylic acids is 3. The number of hydrogen-bond donors (Lipinski definition) is 0. The molecule has 0 rings (SSSR count). The van der Waals surface area contributed by atoms with Crippen molar-refractivity contribution >= 4 is 17.9 Å². The average molecular weight is 887 g/mol. The van der Waals surface area contributed by atoms with E-state index in [2.05, 4.69) is 45.1 Å². The van der Waals surface area contributed by atoms with Crippen LogP contribution in [0.4, 0.5) is 0 Å². The zero-order chi connectivity index (χ0) is 45.8. The summed E-state index contributed by atoms with van der Waals surface area (Å²) in [6.45, 7) is 6.59. The molecule has 0 aromatic heterocycles. The van der Waals surface area contributed by atoms with Gasteiger partial charge in [-0.25, -0.2) is 0 Å². The fourth-order valence-corrected chi connectivity index (χ4v) is 8.24. The van der Waals surface area contributed by atoms with Gasteiger partial charge in [-0.15, -0.1) is 0 Å². The number of ether oxygens (including phenoxy) is 3. The van der Waals surface area contributed by atoms with Crippen molar-refractivity contribution in [3.63, 3.8) is 0 Å². The molecule has 0 aliphatic carbocycles. The molecule has 0 aliphatic rings. The second kappa shape index (κ2) is 52.5. The van der Waals surface area contributed by atoms with Crippen molar-refractivity contribution in [1.29, 1.82) is 0 Å². The standard InChI is InChI=1S/C57H106O6/c1-4-7-10-13-16-18-20-22-24-26-28-30-31-33-35-37-39-41-44-47-50-56(59)62-53-54(52-61-55(58)49-46-43-15-12-9-6-3)63-57(60)51-48-45-42-40-38-36-34-32-29-27-25-23-21-19-17-14-11-8-5-2/h17,19,23,25,54H,4-16,18,20-22,24,26-53H2,1-3H3/b19-17-,25-23-. The van der Waals surface area contributed by atoms with Crippen molar-refractivity contribution in [2.24, 2.45) is 0 Å². The molecular weight excluding hydrogens is 781 g/mol. The molecule has 0 amide bonds. The van der Waals surface area contributed by atoms with Gasteiger partial charge in [0.05, 0.1) is 0 Å². The molecule has 6 nitrogen and oxygen atoms in total. The smallest absolute Gasteiger partial charge is 0.306 e. The van der Waals surface area contributed by atoms with Crippen molar-refractivity contribution in [3.8, 4) is 0 Å². The van der Waals surface area contributed by atoms with Gasteiger partial charge in [0.2, 0.25) is 0 Å². The SMILES string of the molecule is CCCCC/C=C\C/C=C\CCCCCCCCCCCC(=O)OC(COC(=O)CCCCCCCC)COC(=O)CCCCCCCCCCCCCCCCCCCCCC. The van der Waals surface area contributed by atoms with Gasteiger partial charge in [0.1, 0.15) is 13.2 Å². The second-order valence-corrected chi connectivity index (χ2v) is 18.9. The number of hydrogen-bond acceptors (Lipinski definition) is 6. The van der Waals surface area contributed by atoms with Crippen LogP contribution in [0.5, 0.6) is 0 Å². The Morgan fingerprint density at radius 1 is 0.317 bits per heavy atom. The second-order valence-electron chi connectivity index (χ2n) is 18.9. The zero-order valence-corrected chi connectivity index (χ0v) is 42.4. The maximum Gasteiger partial charge on any atom is 0.306 e. The normalized spacial score (nSPS) is 12.1. The molecule has 0 fully saturated rings. The van der Waals surface area contributed by atoms with E-state index in [-0.39, 0.29) is 31.1 Å². The summed E-state index contributed by atoms with van der Waals surface area (Å²) in [5.41, 5.74) is 0. The molecule has 0 saturated carbocycles. The third kappa shape index (κ3) is 50.7. The summed E-state index contributed by atoms with van der Waals surface area (Å²) < 4.78 is 16.8. The van der Waals surface area contributed by atoms with E-state index in [1.165, 1.54) is 199 Å². The average Bonchev–Trinajstić information content (AvgIpc) is 3.28. The predicted molar refractivity (Wildman–Crippen MR) is 270 cm³/mol. The molecule has 0 N–H and O–H groups in total. The largest absolute Gasteiger partial charge is 0.462 e. The summed E-state index contributed by atoms with van der Waals surface area (Å²) in [5.74, 6) is -0.866. The van der Waals surface area contributed by atoms with Gasteiger partial charge in [-0.2, -0.15) is 0 Å². The fraction of sp³-hybridized carbons (Fsp3) is 0.877. The Morgan fingerprint density at radius 3 is 0.905 bits per heavy atom. The maximum absolute atomic E-state index is 12.8. The van der Waals surface area contributed by atoms with Gasteiger partial charge in [-0.1, -0.05) is 257 Å². The molecule has 370 valence electrons. The molecule has 0 heterocycles. The Morgan fingerprint density at radius 2 is 0.571 bits per heavy atom. The van der Waals surface area contributed by atoms with Crippen LogP contribution in [0.3, 0.4) is 0 Å². The van der Waals surface area contributed by atoms with Crippen molar-refractivity contribution in [2.45, 2.75) is 309 Å². The highest BCUT2D eigenvalue weighted by Gasteiger charge is 2.19. The molecule has 0 aliphatic heterocycles. The van der Waals surface area contributed by atoms with Crippen LogP contribution in [0, 0.1) is 0 Å². The Bertz CT molecular complexity index is 1020. The molecule has 0 aromatic rings. The van der Waals surface area contributed by atoms with E-state index in [0.717, 1.165) is 64.2 Å². The third-order valence-electron chi connectivity index (χ3n) is 12.5. The quantitative estimate of drug-likeness (QED) is 0.0262. The third-order valence-corrected chi connectivity index (χ3v) is 12.5. The summed E-state index contributed by atoms with van der Waals surface area (Å²) in [6.07, 6.45) is 60.5. The number of rotatable bonds is 51. The molecule has 6 heteroatoms. The van der Waals surface area contributed by atoms with Crippen LogP contribution in [0.2, 0.25) is 0 Å². The number of unbranched alkanes of at least 4 members (excludes halogenated alkanes) is 36. The van der Waals surface area contributed by atoms with Crippen LogP contribution >= 0.6 is 0 Å². The summed E-state index contributed by atoms with van der Waals surface area (Å²) >= 11 is 0. The van der Waals surface area contributed by atoms with E-state index >= 15 is 0 Å². The van der Waals surface area contributed by atoms with Gasteiger partial charge in [0.25, 0.3) is 0 Å². The first kappa shape index (κ1) is 60.9. The van der Waals surface area contributed by atoms with Gasteiger partial charge < -0.3 is 14.2 Å². The lowest BCUT2D eigenvalue weighted by Crippen LogP contribution is -2.30. The van der Waals surface area contributed by atoms with Gasteiger partial charge in [0, 0.05) is 19.3 Å². The molecule has 1 atom stereocenters. The summed E-state index contributed by atoms with van der Waals surface area (Å²) in [4.78, 5) is 37.8. The first-order chi connectivity index (χ1) is 31.0. The van der Waals surface area contributed by atoms with Crippen molar-refractivity contribution < 1.29 is 28.6 Å². The van der Waals surface area contributed by atoms with Gasteiger partial charge in [0.15, 0.2) is 6.10 Å². The van der Waals surface area contributed by atoms with E-state index in [1.54, 1.807) is 0 Å². The lowest BCUT2D eigenvalue weighted by Gasteiger charge is -2.18. The van der Waals surface area contributed by atoms with Crippen LogP contribution in [-0.2, 0) is 28.6 Å². The summed E-state index contributed by atoms with van der Waals surface area (Å²) in [6, 6.07) is 0. The van der Waals surface area contributed by atoms with E-state index < -0.39 is 6.10 Å². The highest BCUT2D eigenvalue weighted by atomic mass is 16.6. The molecule has 0 spiro atoms. The van der Waals surface area contributed by atoms with Crippen molar-refractivity contribution in [2.75, 3.05) is 13.2 Å². The molecule has 0 radical (unpaired) electrons. The molecule has 0 aromatic carbocycles. The zero-order valence-electron chi connectivity index (χ0n) is 42.4. The highest BCUT2D eigenvalue weighted by Crippen LogP contribution is 2.17. The Kier molecular flexibility index (Phi) is 50.8. The van der Waals surface area contributed by atoms with Crippen molar-refractivity contribution in [3.05, 3.63) is 24.3 Å². The Hall–Kier alpha value is -2.11. The summed E-state index contributed by atoms with van der Waals surface area (Å²) in [5, 5.41) is 0. The van der Waals surface area contributed by atoms with Crippen molar-refractivity contribution in [1.82, 2.24) is 0 Å². The van der Waals surface area contributed by atoms with E-state index in [9.17, 15) is 14.4 Å². The van der Waals surface area contributed by atoms with Crippen LogP contribution in [-0.4, -0.2) is 37.2 Å². The number of carbonyl (C=O) groups is 3. The summed E-state index contributed by atoms with van der Waals surface area (Å²) in [7, 11) is 0. The lowest BCUT2D eigenvalue weighted by molar-refractivity contribution is -0.167. The van der Waals surface area contributed by atoms with Crippen LogP contribution in [0.15, 0.2) is 24.3 Å². The predicted octanol–water partition coefficient (Wildman–Crippen LogP) is 18.3. The molecule has 1 unspecified atom stereocenters. The lowest BCUT2D eigenvalue weighted by atomic mass is 10.0. The first-order valence-electron chi connectivity index (χ1n) is 27.8. The van der Waals surface area contributed by atoms with Crippen LogP contribution in [0.25, 0.3) is 0 Å². The van der Waals surface area contributed by atoms with Crippen LogP contribution in [0.1, 0.15) is 303 Å². The minimum absolute atomic E-state index is 0.0686. The van der Waals surface area contributed by atoms with E-state index in [0.29, 0.717) is 19.3 Å². The Balaban J connectivity index is 4.13. The highest BCUT2D eigenvalue weighted by molar-refractivity contribution is 5.71. The maximum atomic E-state index is 12.8. The minimum atomic E-state index is -0.766. The van der Waals surface area contributed by atoms with Crippen LogP contribution < -0.4 is 0 Å². The monoisotopic (exact) mass is 887 g/mol. The minimum Gasteiger partial charge on any atom is -0.462 e. The molecule has 0 saturated heterocycles. The topological polar surface area (TPSA) is 78.9 Å². The molecule has 63 heavy (non-hydrogen) atoms. The van der Waals surface area contributed by atoms with Gasteiger partial charge in [-0.05, 0) is 51.4 Å².